The largest absolute Gasteiger partial charge is 0.316 e. The molecule has 1 aromatic rings. The minimum absolute atomic E-state index is 0.807. The maximum absolute atomic E-state index is 4.03. The van der Waals surface area contributed by atoms with E-state index in [1.807, 2.05) is 11.6 Å². The van der Waals surface area contributed by atoms with Gasteiger partial charge in [-0.05, 0) is 25.4 Å². The van der Waals surface area contributed by atoms with Crippen LogP contribution in [0.2, 0.25) is 0 Å². The van der Waals surface area contributed by atoms with Crippen LogP contribution < -0.4 is 5.32 Å². The van der Waals surface area contributed by atoms with Gasteiger partial charge in [0.15, 0.2) is 5.16 Å². The van der Waals surface area contributed by atoms with Gasteiger partial charge in [0, 0.05) is 12.8 Å². The Morgan fingerprint density at radius 1 is 1.77 bits per heavy atom. The van der Waals surface area contributed by atoms with Gasteiger partial charge in [0.2, 0.25) is 0 Å². The highest BCUT2D eigenvalue weighted by atomic mass is 32.2. The first-order valence-electron chi connectivity index (χ1n) is 4.54. The maximum atomic E-state index is 4.03. The molecule has 2 rings (SSSR count). The van der Waals surface area contributed by atoms with Crippen molar-refractivity contribution in [3.63, 3.8) is 0 Å². The van der Waals surface area contributed by atoms with Crippen molar-refractivity contribution in [2.75, 3.05) is 18.8 Å². The van der Waals surface area contributed by atoms with Crippen molar-refractivity contribution in [1.29, 1.82) is 0 Å². The standard InChI is InChI=1S/C8H14N4S/c1-12-6-10-11-8(12)13-5-7-2-3-9-4-7/h6-7,9H,2-5H2,1H3. The molecule has 1 aliphatic rings. The number of aromatic nitrogens is 3. The topological polar surface area (TPSA) is 42.7 Å². The maximum Gasteiger partial charge on any atom is 0.190 e. The van der Waals surface area contributed by atoms with Crippen molar-refractivity contribution in [2.24, 2.45) is 13.0 Å². The molecule has 5 heteroatoms. The molecule has 0 spiro atoms. The third kappa shape index (κ3) is 2.22. The molecule has 1 N–H and O–H groups in total. The first kappa shape index (κ1) is 9.02. The molecular formula is C8H14N4S. The average Bonchev–Trinajstić information content (AvgIpc) is 2.72. The van der Waals surface area contributed by atoms with Gasteiger partial charge >= 0.3 is 0 Å². The van der Waals surface area contributed by atoms with Crippen molar-refractivity contribution in [3.8, 4) is 0 Å². The van der Waals surface area contributed by atoms with Gasteiger partial charge in [-0.3, -0.25) is 0 Å². The summed E-state index contributed by atoms with van der Waals surface area (Å²) in [6.07, 6.45) is 3.04. The van der Waals surface area contributed by atoms with E-state index in [1.165, 1.54) is 13.0 Å². The van der Waals surface area contributed by atoms with Crippen LogP contribution in [0, 0.1) is 5.92 Å². The number of aryl methyl sites for hydroxylation is 1. The Morgan fingerprint density at radius 2 is 2.69 bits per heavy atom. The van der Waals surface area contributed by atoms with Crippen molar-refractivity contribution < 1.29 is 0 Å². The number of hydrogen-bond acceptors (Lipinski definition) is 4. The Hall–Kier alpha value is -0.550. The predicted octanol–water partition coefficient (Wildman–Crippen LogP) is 0.517. The molecule has 1 fully saturated rings. The summed E-state index contributed by atoms with van der Waals surface area (Å²) in [5.74, 6) is 1.96. The van der Waals surface area contributed by atoms with Gasteiger partial charge in [-0.1, -0.05) is 11.8 Å². The van der Waals surface area contributed by atoms with Crippen molar-refractivity contribution >= 4 is 11.8 Å². The summed E-state index contributed by atoms with van der Waals surface area (Å²) in [6, 6.07) is 0. The highest BCUT2D eigenvalue weighted by Crippen LogP contribution is 2.20. The van der Waals surface area contributed by atoms with E-state index in [0.717, 1.165) is 23.4 Å². The highest BCUT2D eigenvalue weighted by Gasteiger charge is 2.15. The molecule has 0 saturated carbocycles. The minimum atomic E-state index is 0.807. The molecule has 0 aromatic carbocycles. The zero-order valence-corrected chi connectivity index (χ0v) is 8.55. The summed E-state index contributed by atoms with van der Waals surface area (Å²) in [7, 11) is 1.98. The Balaban J connectivity index is 1.82. The van der Waals surface area contributed by atoms with Gasteiger partial charge < -0.3 is 9.88 Å². The summed E-state index contributed by atoms with van der Waals surface area (Å²) in [6.45, 7) is 2.33. The number of nitrogens with zero attached hydrogens (tertiary/aromatic N) is 3. The number of hydrogen-bond donors (Lipinski definition) is 1. The minimum Gasteiger partial charge on any atom is -0.316 e. The lowest BCUT2D eigenvalue weighted by atomic mass is 10.2. The van der Waals surface area contributed by atoms with Gasteiger partial charge in [0.1, 0.15) is 6.33 Å². The van der Waals surface area contributed by atoms with Gasteiger partial charge in [-0.2, -0.15) is 0 Å². The van der Waals surface area contributed by atoms with Gasteiger partial charge in [0.05, 0.1) is 0 Å². The van der Waals surface area contributed by atoms with Crippen LogP contribution in [0.15, 0.2) is 11.5 Å². The van der Waals surface area contributed by atoms with E-state index < -0.39 is 0 Å². The highest BCUT2D eigenvalue weighted by molar-refractivity contribution is 7.99. The first-order valence-corrected chi connectivity index (χ1v) is 5.52. The van der Waals surface area contributed by atoms with E-state index in [-0.39, 0.29) is 0 Å². The molecule has 0 amide bonds. The van der Waals surface area contributed by atoms with Crippen LogP contribution in [0.1, 0.15) is 6.42 Å². The Labute approximate surface area is 82.1 Å². The molecular weight excluding hydrogens is 184 g/mol. The normalized spacial score (nSPS) is 22.4. The Bertz CT molecular complexity index is 267. The molecule has 1 aromatic heterocycles. The van der Waals surface area contributed by atoms with E-state index >= 15 is 0 Å². The zero-order valence-electron chi connectivity index (χ0n) is 7.73. The van der Waals surface area contributed by atoms with Crippen LogP contribution in [-0.4, -0.2) is 33.6 Å². The number of thioether (sulfide) groups is 1. The molecule has 2 heterocycles. The second-order valence-electron chi connectivity index (χ2n) is 3.39. The van der Waals surface area contributed by atoms with Gasteiger partial charge in [0.25, 0.3) is 0 Å². The van der Waals surface area contributed by atoms with E-state index in [1.54, 1.807) is 18.1 Å². The number of rotatable bonds is 3. The summed E-state index contributed by atoms with van der Waals surface area (Å²) in [4.78, 5) is 0. The molecule has 1 aliphatic heterocycles. The van der Waals surface area contributed by atoms with E-state index in [2.05, 4.69) is 15.5 Å². The molecule has 1 unspecified atom stereocenters. The molecule has 0 radical (unpaired) electrons. The SMILES string of the molecule is Cn1cnnc1SCC1CCNC1. The van der Waals surface area contributed by atoms with Gasteiger partial charge in [-0.25, -0.2) is 0 Å². The second-order valence-corrected chi connectivity index (χ2v) is 4.38. The molecule has 1 atom stereocenters. The molecule has 13 heavy (non-hydrogen) atoms. The fourth-order valence-corrected chi connectivity index (χ4v) is 2.48. The fourth-order valence-electron chi connectivity index (χ4n) is 1.45. The van der Waals surface area contributed by atoms with Crippen LogP contribution in [-0.2, 0) is 7.05 Å². The first-order chi connectivity index (χ1) is 6.36. The van der Waals surface area contributed by atoms with Crippen LogP contribution >= 0.6 is 11.8 Å². The average molecular weight is 198 g/mol. The molecule has 0 bridgehead atoms. The Kier molecular flexibility index (Phi) is 2.85. The quantitative estimate of drug-likeness (QED) is 0.719. The third-order valence-electron chi connectivity index (χ3n) is 2.28. The summed E-state index contributed by atoms with van der Waals surface area (Å²) in [5.41, 5.74) is 0. The second kappa shape index (κ2) is 4.11. The molecule has 0 aliphatic carbocycles. The van der Waals surface area contributed by atoms with E-state index in [4.69, 9.17) is 0 Å². The summed E-state index contributed by atoms with van der Waals surface area (Å²) < 4.78 is 1.97. The molecule has 4 nitrogen and oxygen atoms in total. The Morgan fingerprint density at radius 3 is 3.31 bits per heavy atom. The van der Waals surface area contributed by atoms with Crippen LogP contribution in [0.5, 0.6) is 0 Å². The molecule has 72 valence electrons. The summed E-state index contributed by atoms with van der Waals surface area (Å²) >= 11 is 1.80. The van der Waals surface area contributed by atoms with Crippen molar-refractivity contribution in [3.05, 3.63) is 6.33 Å². The van der Waals surface area contributed by atoms with Crippen molar-refractivity contribution in [2.45, 2.75) is 11.6 Å². The van der Waals surface area contributed by atoms with Crippen LogP contribution in [0.3, 0.4) is 0 Å². The monoisotopic (exact) mass is 198 g/mol. The lowest BCUT2D eigenvalue weighted by molar-refractivity contribution is 0.659. The lowest BCUT2D eigenvalue weighted by Gasteiger charge is -2.05. The van der Waals surface area contributed by atoms with Gasteiger partial charge in [-0.15, -0.1) is 10.2 Å². The fraction of sp³-hybridized carbons (Fsp3) is 0.750. The van der Waals surface area contributed by atoms with Crippen molar-refractivity contribution in [1.82, 2.24) is 20.1 Å². The number of nitrogens with one attached hydrogen (secondary N) is 1. The third-order valence-corrected chi connectivity index (χ3v) is 3.55. The van der Waals surface area contributed by atoms with Crippen LogP contribution in [0.4, 0.5) is 0 Å². The molecule has 1 saturated heterocycles. The summed E-state index contributed by atoms with van der Waals surface area (Å²) in [5, 5.41) is 12.3. The zero-order chi connectivity index (χ0) is 9.10. The van der Waals surface area contributed by atoms with E-state index in [9.17, 15) is 0 Å². The van der Waals surface area contributed by atoms with Crippen LogP contribution in [0.25, 0.3) is 0 Å². The lowest BCUT2D eigenvalue weighted by Crippen LogP contribution is -2.10. The smallest absolute Gasteiger partial charge is 0.190 e. The van der Waals surface area contributed by atoms with E-state index in [0.29, 0.717) is 0 Å². The predicted molar refractivity (Wildman–Crippen MR) is 52.7 cm³/mol.